The molecule has 10 heteroatoms. The smallest absolute Gasteiger partial charge is 0.318 e. The predicted octanol–water partition coefficient (Wildman–Crippen LogP) is 3.02. The van der Waals surface area contributed by atoms with Crippen LogP contribution in [0.4, 0.5) is 11.5 Å². The van der Waals surface area contributed by atoms with Gasteiger partial charge in [-0.05, 0) is 42.5 Å². The first-order valence-electron chi connectivity index (χ1n) is 12.0. The van der Waals surface area contributed by atoms with Crippen molar-refractivity contribution in [1.82, 2.24) is 14.9 Å². The van der Waals surface area contributed by atoms with Gasteiger partial charge in [-0.15, -0.1) is 0 Å². The van der Waals surface area contributed by atoms with Gasteiger partial charge < -0.3 is 19.9 Å². The van der Waals surface area contributed by atoms with Crippen molar-refractivity contribution in [1.29, 1.82) is 5.26 Å². The van der Waals surface area contributed by atoms with Crippen molar-refractivity contribution in [3.05, 3.63) is 52.7 Å². The quantitative estimate of drug-likeness (QED) is 0.634. The zero-order valence-electron chi connectivity index (χ0n) is 20.1. The van der Waals surface area contributed by atoms with Gasteiger partial charge in [-0.1, -0.05) is 30.3 Å². The van der Waals surface area contributed by atoms with Crippen LogP contribution in [0.5, 0.6) is 6.01 Å². The van der Waals surface area contributed by atoms with Crippen LogP contribution in [0.1, 0.15) is 36.1 Å². The third-order valence-electron chi connectivity index (χ3n) is 7.50. The Bertz CT molecular complexity index is 1290. The molecule has 1 aliphatic carbocycles. The molecule has 2 aliphatic heterocycles. The maximum Gasteiger partial charge on any atom is 0.318 e. The van der Waals surface area contributed by atoms with E-state index in [1.165, 1.54) is 13.2 Å². The summed E-state index contributed by atoms with van der Waals surface area (Å²) in [6.45, 7) is 4.85. The van der Waals surface area contributed by atoms with Crippen LogP contribution in [-0.2, 0) is 27.8 Å². The van der Waals surface area contributed by atoms with Crippen molar-refractivity contribution in [2.45, 2.75) is 43.6 Å². The van der Waals surface area contributed by atoms with E-state index in [0.717, 1.165) is 24.0 Å². The highest BCUT2D eigenvalue weighted by Gasteiger charge is 2.48. The lowest BCUT2D eigenvalue weighted by atomic mass is 9.65. The van der Waals surface area contributed by atoms with Crippen molar-refractivity contribution in [2.75, 3.05) is 37.0 Å². The molecule has 0 radical (unpaired) electrons. The highest BCUT2D eigenvalue weighted by molar-refractivity contribution is 6.31. The zero-order chi connectivity index (χ0) is 25.4. The fraction of sp³-hybridized carbons (Fsp3) is 0.423. The Hall–Kier alpha value is -3.64. The minimum absolute atomic E-state index is 0.0951. The molecule has 1 aromatic heterocycles. The number of nitrogens with zero attached hydrogens (tertiary/aromatic N) is 5. The number of nitrogens with one attached hydrogen (secondary N) is 1. The maximum atomic E-state index is 13.8. The highest BCUT2D eigenvalue weighted by atomic mass is 35.5. The molecule has 3 heterocycles. The molecule has 2 amide bonds. The number of fused-ring (bicyclic) bond motifs is 3. The fourth-order valence-corrected chi connectivity index (χ4v) is 6.03. The minimum Gasteiger partial charge on any atom is -0.467 e. The molecule has 1 spiro atoms. The SMILES string of the molecule is C=CC(=O)N1CCN(c2nc(OC)nc3c2NC(=O)C2(CCCc4c(Cl)cccc42)C3)CC1CC#N. The molecule has 1 N–H and O–H groups in total. The van der Waals surface area contributed by atoms with E-state index in [9.17, 15) is 14.9 Å². The first-order valence-corrected chi connectivity index (χ1v) is 12.4. The van der Waals surface area contributed by atoms with Crippen molar-refractivity contribution in [3.8, 4) is 12.1 Å². The van der Waals surface area contributed by atoms with E-state index in [1.807, 2.05) is 23.1 Å². The number of nitriles is 1. The largest absolute Gasteiger partial charge is 0.467 e. The predicted molar refractivity (Wildman–Crippen MR) is 135 cm³/mol. The van der Waals surface area contributed by atoms with Crippen LogP contribution < -0.4 is 15.0 Å². The number of carbonyl (C=O) groups excluding carboxylic acids is 2. The number of carbonyl (C=O) groups is 2. The second-order valence-electron chi connectivity index (χ2n) is 9.39. The lowest BCUT2D eigenvalue weighted by molar-refractivity contribution is -0.128. The molecule has 5 rings (SSSR count). The van der Waals surface area contributed by atoms with E-state index < -0.39 is 5.41 Å². The van der Waals surface area contributed by atoms with Crippen LogP contribution >= 0.6 is 11.6 Å². The van der Waals surface area contributed by atoms with Gasteiger partial charge in [0.25, 0.3) is 0 Å². The van der Waals surface area contributed by atoms with Crippen LogP contribution in [0.25, 0.3) is 0 Å². The minimum atomic E-state index is -0.763. The molecule has 2 aromatic rings. The molecule has 1 fully saturated rings. The lowest BCUT2D eigenvalue weighted by Crippen LogP contribution is -2.55. The van der Waals surface area contributed by atoms with Crippen molar-refractivity contribution >= 4 is 34.9 Å². The number of benzene rings is 1. The Kier molecular flexibility index (Phi) is 6.31. The second kappa shape index (κ2) is 9.43. The van der Waals surface area contributed by atoms with Gasteiger partial charge in [0.2, 0.25) is 11.8 Å². The first-order chi connectivity index (χ1) is 17.4. The number of anilines is 2. The summed E-state index contributed by atoms with van der Waals surface area (Å²) in [5.41, 5.74) is 2.47. The number of ether oxygens (including phenoxy) is 1. The number of aromatic nitrogens is 2. The van der Waals surface area contributed by atoms with Gasteiger partial charge in [-0.3, -0.25) is 9.59 Å². The Balaban J connectivity index is 1.55. The standard InChI is InChI=1S/C26H27ClN6O3/c1-3-21(34)33-13-12-32(15-16(33)9-11-28)23-22-20(29-25(31-23)36-2)14-26(24(35)30-22)10-5-6-17-18(26)7-4-8-19(17)27/h3-4,7-8,16H,1,5-6,9-10,12-15H2,2H3,(H,30,35). The third-order valence-corrected chi connectivity index (χ3v) is 7.86. The van der Waals surface area contributed by atoms with E-state index in [2.05, 4.69) is 27.9 Å². The number of rotatable bonds is 4. The number of hydrogen-bond donors (Lipinski definition) is 1. The number of amides is 2. The number of hydrogen-bond acceptors (Lipinski definition) is 7. The summed E-state index contributed by atoms with van der Waals surface area (Å²) in [7, 11) is 1.51. The number of methoxy groups -OCH3 is 1. The van der Waals surface area contributed by atoms with Gasteiger partial charge in [-0.25, -0.2) is 0 Å². The molecule has 2 unspecified atom stereocenters. The molecule has 1 saturated heterocycles. The van der Waals surface area contributed by atoms with Gasteiger partial charge >= 0.3 is 6.01 Å². The molecule has 2 atom stereocenters. The van der Waals surface area contributed by atoms with Gasteiger partial charge in [0.15, 0.2) is 5.82 Å². The highest BCUT2D eigenvalue weighted by Crippen LogP contribution is 2.47. The van der Waals surface area contributed by atoms with E-state index in [-0.39, 0.29) is 30.3 Å². The maximum absolute atomic E-state index is 13.8. The average Bonchev–Trinajstić information content (AvgIpc) is 2.89. The Morgan fingerprint density at radius 2 is 2.25 bits per heavy atom. The van der Waals surface area contributed by atoms with Crippen molar-refractivity contribution in [2.24, 2.45) is 0 Å². The first kappa shape index (κ1) is 24.1. The van der Waals surface area contributed by atoms with Crippen molar-refractivity contribution in [3.63, 3.8) is 0 Å². The molecule has 36 heavy (non-hydrogen) atoms. The summed E-state index contributed by atoms with van der Waals surface area (Å²) in [6.07, 6.45) is 4.23. The molecule has 0 saturated carbocycles. The Labute approximate surface area is 214 Å². The van der Waals surface area contributed by atoms with Gasteiger partial charge in [0, 0.05) is 31.1 Å². The van der Waals surface area contributed by atoms with Gasteiger partial charge in [-0.2, -0.15) is 15.2 Å². The van der Waals surface area contributed by atoms with Crippen LogP contribution in [0.3, 0.4) is 0 Å². The molecule has 0 bridgehead atoms. The lowest BCUT2D eigenvalue weighted by Gasteiger charge is -2.44. The zero-order valence-corrected chi connectivity index (χ0v) is 20.8. The molecule has 1 aromatic carbocycles. The Morgan fingerprint density at radius 1 is 1.42 bits per heavy atom. The van der Waals surface area contributed by atoms with E-state index in [4.69, 9.17) is 16.3 Å². The van der Waals surface area contributed by atoms with Crippen LogP contribution in [-0.4, -0.2) is 59.5 Å². The summed E-state index contributed by atoms with van der Waals surface area (Å²) in [4.78, 5) is 39.0. The molecule has 186 valence electrons. The second-order valence-corrected chi connectivity index (χ2v) is 9.79. The molecular formula is C26H27ClN6O3. The van der Waals surface area contributed by atoms with Gasteiger partial charge in [0.05, 0.1) is 36.8 Å². The summed E-state index contributed by atoms with van der Waals surface area (Å²) in [5, 5.41) is 13.2. The normalized spacial score (nSPS) is 22.8. The molecule has 3 aliphatic rings. The summed E-state index contributed by atoms with van der Waals surface area (Å²) < 4.78 is 5.44. The number of halogens is 1. The molecular weight excluding hydrogens is 480 g/mol. The Morgan fingerprint density at radius 3 is 3.00 bits per heavy atom. The monoisotopic (exact) mass is 506 g/mol. The third kappa shape index (κ3) is 3.86. The van der Waals surface area contributed by atoms with Gasteiger partial charge in [0.1, 0.15) is 5.69 Å². The fourth-order valence-electron chi connectivity index (χ4n) is 5.76. The van der Waals surface area contributed by atoms with E-state index in [1.54, 1.807) is 4.90 Å². The van der Waals surface area contributed by atoms with E-state index in [0.29, 0.717) is 54.7 Å². The summed E-state index contributed by atoms with van der Waals surface area (Å²) in [6, 6.07) is 7.80. The number of piperazine rings is 1. The van der Waals surface area contributed by atoms with Crippen molar-refractivity contribution < 1.29 is 14.3 Å². The molecule has 9 nitrogen and oxygen atoms in total. The average molecular weight is 507 g/mol. The van der Waals surface area contributed by atoms with Crippen LogP contribution in [0.15, 0.2) is 30.9 Å². The van der Waals surface area contributed by atoms with E-state index >= 15 is 0 Å². The van der Waals surface area contributed by atoms with Crippen LogP contribution in [0, 0.1) is 11.3 Å². The van der Waals surface area contributed by atoms with Crippen LogP contribution in [0.2, 0.25) is 5.02 Å². The topological polar surface area (TPSA) is 111 Å². The summed E-state index contributed by atoms with van der Waals surface area (Å²) in [5.74, 6) is 0.236. The summed E-state index contributed by atoms with van der Waals surface area (Å²) >= 11 is 6.51.